The van der Waals surface area contributed by atoms with Crippen molar-refractivity contribution < 1.29 is 14.5 Å². The van der Waals surface area contributed by atoms with Gasteiger partial charge in [0.15, 0.2) is 0 Å². The number of nitrogens with zero attached hydrogens (tertiary/aromatic N) is 2. The first-order valence-electron chi connectivity index (χ1n) is 5.49. The zero-order chi connectivity index (χ0) is 13.8. The highest BCUT2D eigenvalue weighted by Gasteiger charge is 2.20. The Balaban J connectivity index is 2.47. The first-order chi connectivity index (χ1) is 9.13. The molecule has 19 heavy (non-hydrogen) atoms. The molecule has 0 aliphatic rings. The van der Waals surface area contributed by atoms with Crippen molar-refractivity contribution in [3.8, 4) is 10.6 Å². The van der Waals surface area contributed by atoms with E-state index in [4.69, 9.17) is 4.74 Å². The van der Waals surface area contributed by atoms with Crippen molar-refractivity contribution in [1.82, 2.24) is 4.98 Å². The third-order valence-electron chi connectivity index (χ3n) is 2.37. The van der Waals surface area contributed by atoms with Crippen LogP contribution in [0.4, 0.5) is 5.69 Å². The lowest BCUT2D eigenvalue weighted by Crippen LogP contribution is -2.05. The average molecular weight is 278 g/mol. The molecule has 98 valence electrons. The van der Waals surface area contributed by atoms with Gasteiger partial charge in [-0.1, -0.05) is 0 Å². The minimum atomic E-state index is -0.573. The van der Waals surface area contributed by atoms with Gasteiger partial charge in [0.25, 0.3) is 5.69 Å². The Bertz CT molecular complexity index is 610. The van der Waals surface area contributed by atoms with Crippen LogP contribution in [0, 0.1) is 10.1 Å². The van der Waals surface area contributed by atoms with Crippen molar-refractivity contribution in [2.75, 3.05) is 6.61 Å². The van der Waals surface area contributed by atoms with Crippen molar-refractivity contribution in [2.24, 2.45) is 0 Å². The average Bonchev–Trinajstić information content (AvgIpc) is 2.92. The molecule has 0 saturated heterocycles. The summed E-state index contributed by atoms with van der Waals surface area (Å²) in [7, 11) is 0. The fourth-order valence-electron chi connectivity index (χ4n) is 1.56. The van der Waals surface area contributed by atoms with Gasteiger partial charge in [0, 0.05) is 17.6 Å². The smallest absolute Gasteiger partial charge is 0.338 e. The van der Waals surface area contributed by atoms with E-state index in [1.165, 1.54) is 29.5 Å². The van der Waals surface area contributed by atoms with Gasteiger partial charge in [-0.05, 0) is 19.1 Å². The number of thiazole rings is 1. The maximum Gasteiger partial charge on any atom is 0.338 e. The molecule has 0 bridgehead atoms. The number of hydrogen-bond donors (Lipinski definition) is 0. The number of rotatable bonds is 4. The summed E-state index contributed by atoms with van der Waals surface area (Å²) in [5, 5.41) is 13.4. The Kier molecular flexibility index (Phi) is 3.86. The number of nitro benzene ring substituents is 1. The van der Waals surface area contributed by atoms with E-state index in [0.29, 0.717) is 10.6 Å². The van der Waals surface area contributed by atoms with E-state index in [1.54, 1.807) is 18.5 Å². The fraction of sp³-hybridized carbons (Fsp3) is 0.167. The third kappa shape index (κ3) is 2.76. The number of ether oxygens (including phenoxy) is 1. The van der Waals surface area contributed by atoms with Crippen molar-refractivity contribution in [3.05, 3.63) is 45.5 Å². The summed E-state index contributed by atoms with van der Waals surface area (Å²) >= 11 is 1.30. The van der Waals surface area contributed by atoms with Gasteiger partial charge >= 0.3 is 5.97 Å². The predicted molar refractivity (Wildman–Crippen MR) is 70.2 cm³/mol. The minimum absolute atomic E-state index is 0.152. The van der Waals surface area contributed by atoms with Crippen LogP contribution >= 0.6 is 11.3 Å². The van der Waals surface area contributed by atoms with Gasteiger partial charge in [-0.3, -0.25) is 10.1 Å². The second kappa shape index (κ2) is 5.57. The van der Waals surface area contributed by atoms with Gasteiger partial charge in [-0.2, -0.15) is 0 Å². The van der Waals surface area contributed by atoms with Crippen LogP contribution in [0.15, 0.2) is 29.8 Å². The largest absolute Gasteiger partial charge is 0.462 e. The van der Waals surface area contributed by atoms with Gasteiger partial charge in [-0.25, -0.2) is 9.78 Å². The van der Waals surface area contributed by atoms with E-state index < -0.39 is 10.9 Å². The number of nitro groups is 1. The van der Waals surface area contributed by atoms with E-state index in [9.17, 15) is 14.9 Å². The predicted octanol–water partition coefficient (Wildman–Crippen LogP) is 2.90. The molecule has 1 aromatic heterocycles. The molecule has 7 heteroatoms. The summed E-state index contributed by atoms with van der Waals surface area (Å²) in [6.07, 6.45) is 1.57. The fourth-order valence-corrected chi connectivity index (χ4v) is 2.23. The lowest BCUT2D eigenvalue weighted by atomic mass is 10.1. The van der Waals surface area contributed by atoms with E-state index in [-0.39, 0.29) is 17.9 Å². The van der Waals surface area contributed by atoms with Gasteiger partial charge in [0.1, 0.15) is 5.01 Å². The van der Waals surface area contributed by atoms with E-state index in [0.717, 1.165) is 0 Å². The van der Waals surface area contributed by atoms with E-state index >= 15 is 0 Å². The van der Waals surface area contributed by atoms with Gasteiger partial charge in [-0.15, -0.1) is 11.3 Å². The molecule has 0 radical (unpaired) electrons. The molecule has 0 aliphatic heterocycles. The molecule has 0 unspecified atom stereocenters. The molecule has 0 fully saturated rings. The van der Waals surface area contributed by atoms with Crippen LogP contribution in [-0.2, 0) is 4.74 Å². The highest BCUT2D eigenvalue weighted by Crippen LogP contribution is 2.32. The summed E-state index contributed by atoms with van der Waals surface area (Å²) in [6.45, 7) is 1.90. The molecule has 0 aliphatic carbocycles. The number of carbonyl (C=O) groups excluding carboxylic acids is 1. The number of aromatic nitrogens is 1. The van der Waals surface area contributed by atoms with Crippen LogP contribution in [0.2, 0.25) is 0 Å². The number of hydrogen-bond acceptors (Lipinski definition) is 6. The lowest BCUT2D eigenvalue weighted by molar-refractivity contribution is -0.384. The molecule has 0 atom stereocenters. The molecule has 0 N–H and O–H groups in total. The van der Waals surface area contributed by atoms with E-state index in [2.05, 4.69) is 4.98 Å². The van der Waals surface area contributed by atoms with Crippen molar-refractivity contribution in [3.63, 3.8) is 0 Å². The quantitative estimate of drug-likeness (QED) is 0.488. The maximum absolute atomic E-state index is 11.6. The first kappa shape index (κ1) is 13.2. The number of carbonyl (C=O) groups is 1. The molecular formula is C12H10N2O4S. The molecule has 2 aromatic rings. The molecule has 0 amide bonds. The van der Waals surface area contributed by atoms with Crippen LogP contribution < -0.4 is 0 Å². The number of benzene rings is 1. The van der Waals surface area contributed by atoms with Gasteiger partial charge in [0.2, 0.25) is 0 Å². The molecular weight excluding hydrogens is 268 g/mol. The standard InChI is InChI=1S/C12H10N2O4S/c1-2-18-12(15)8-3-4-9(10(7-8)14(16)17)11-13-5-6-19-11/h3-7H,2H2,1H3. The summed E-state index contributed by atoms with van der Waals surface area (Å²) in [6, 6.07) is 4.24. The normalized spacial score (nSPS) is 10.2. The first-order valence-corrected chi connectivity index (χ1v) is 6.37. The molecule has 6 nitrogen and oxygen atoms in total. The van der Waals surface area contributed by atoms with Gasteiger partial charge < -0.3 is 4.74 Å². The van der Waals surface area contributed by atoms with E-state index in [1.807, 2.05) is 0 Å². The maximum atomic E-state index is 11.6. The SMILES string of the molecule is CCOC(=O)c1ccc(-c2nccs2)c([N+](=O)[O-])c1. The second-order valence-corrected chi connectivity index (χ2v) is 4.44. The van der Waals surface area contributed by atoms with Crippen molar-refractivity contribution >= 4 is 23.0 Å². The highest BCUT2D eigenvalue weighted by atomic mass is 32.1. The summed E-state index contributed by atoms with van der Waals surface area (Å²) < 4.78 is 4.82. The molecule has 2 rings (SSSR count). The summed E-state index contributed by atoms with van der Waals surface area (Å²) in [5.41, 5.74) is 0.405. The monoisotopic (exact) mass is 278 g/mol. The van der Waals surface area contributed by atoms with Gasteiger partial charge in [0.05, 0.1) is 22.7 Å². The second-order valence-electron chi connectivity index (χ2n) is 3.55. The van der Waals surface area contributed by atoms with Crippen LogP contribution in [0.5, 0.6) is 0 Å². The third-order valence-corrected chi connectivity index (χ3v) is 3.17. The molecule has 1 heterocycles. The van der Waals surface area contributed by atoms with Crippen molar-refractivity contribution in [1.29, 1.82) is 0 Å². The zero-order valence-corrected chi connectivity index (χ0v) is 10.8. The lowest BCUT2D eigenvalue weighted by Gasteiger charge is -2.04. The Morgan fingerprint density at radius 1 is 1.53 bits per heavy atom. The van der Waals surface area contributed by atoms with Crippen LogP contribution in [0.25, 0.3) is 10.6 Å². The molecule has 0 saturated carbocycles. The van der Waals surface area contributed by atoms with Crippen molar-refractivity contribution in [2.45, 2.75) is 6.92 Å². The zero-order valence-electron chi connectivity index (χ0n) is 10.0. The topological polar surface area (TPSA) is 82.3 Å². The summed E-state index contributed by atoms with van der Waals surface area (Å²) in [4.78, 5) is 26.1. The molecule has 1 aromatic carbocycles. The number of esters is 1. The van der Waals surface area contributed by atoms with Crippen LogP contribution in [-0.4, -0.2) is 22.5 Å². The van der Waals surface area contributed by atoms with Crippen LogP contribution in [0.3, 0.4) is 0 Å². The Hall–Kier alpha value is -2.28. The van der Waals surface area contributed by atoms with Crippen LogP contribution in [0.1, 0.15) is 17.3 Å². The minimum Gasteiger partial charge on any atom is -0.462 e. The Morgan fingerprint density at radius 2 is 2.32 bits per heavy atom. The Morgan fingerprint density at radius 3 is 2.89 bits per heavy atom. The Labute approximate surface area is 112 Å². The molecule has 0 spiro atoms. The highest BCUT2D eigenvalue weighted by molar-refractivity contribution is 7.13. The summed E-state index contributed by atoms with van der Waals surface area (Å²) in [5.74, 6) is -0.573.